The number of aliphatic hydroxyl groups is 1. The molecule has 0 saturated heterocycles. The Hall–Kier alpha value is -1.39. The number of nitrogens with one attached hydrogen (secondary N) is 2. The molecule has 0 spiro atoms. The molecule has 1 aliphatic rings. The average Bonchev–Trinajstić information content (AvgIpc) is 2.26. The Labute approximate surface area is 107 Å². The van der Waals surface area contributed by atoms with Crippen LogP contribution < -0.4 is 10.6 Å². The lowest BCUT2D eigenvalue weighted by molar-refractivity contribution is -0.114. The van der Waals surface area contributed by atoms with Gasteiger partial charge in [0.05, 0.1) is 6.10 Å². The average molecular weight is 248 g/mol. The van der Waals surface area contributed by atoms with Gasteiger partial charge in [0.25, 0.3) is 0 Å². The number of aliphatic hydroxyl groups excluding tert-OH is 1. The Kier molecular flexibility index (Phi) is 3.99. The van der Waals surface area contributed by atoms with E-state index in [0.717, 1.165) is 24.1 Å². The number of hydrogen-bond acceptors (Lipinski definition) is 3. The zero-order valence-electron chi connectivity index (χ0n) is 10.8. The maximum Gasteiger partial charge on any atom is 0.221 e. The van der Waals surface area contributed by atoms with Crippen molar-refractivity contribution in [1.29, 1.82) is 0 Å². The van der Waals surface area contributed by atoms with Crippen molar-refractivity contribution >= 4 is 11.6 Å². The van der Waals surface area contributed by atoms with Crippen molar-refractivity contribution in [1.82, 2.24) is 5.32 Å². The van der Waals surface area contributed by atoms with Crippen LogP contribution in [0.4, 0.5) is 5.69 Å². The van der Waals surface area contributed by atoms with Crippen molar-refractivity contribution in [3.05, 3.63) is 29.8 Å². The topological polar surface area (TPSA) is 61.4 Å². The molecule has 98 valence electrons. The summed E-state index contributed by atoms with van der Waals surface area (Å²) in [6, 6.07) is 8.46. The van der Waals surface area contributed by atoms with Gasteiger partial charge in [-0.1, -0.05) is 12.1 Å². The molecule has 0 radical (unpaired) electrons. The zero-order valence-corrected chi connectivity index (χ0v) is 10.8. The second-order valence-electron chi connectivity index (χ2n) is 5.02. The quantitative estimate of drug-likeness (QED) is 0.761. The Morgan fingerprint density at radius 1 is 1.44 bits per heavy atom. The first kappa shape index (κ1) is 13.1. The lowest BCUT2D eigenvalue weighted by Crippen LogP contribution is -2.45. The summed E-state index contributed by atoms with van der Waals surface area (Å²) in [6.45, 7) is 3.60. The fraction of sp³-hybridized carbons (Fsp3) is 0.500. The van der Waals surface area contributed by atoms with E-state index in [2.05, 4.69) is 17.6 Å². The third-order valence-corrected chi connectivity index (χ3v) is 3.31. The molecule has 18 heavy (non-hydrogen) atoms. The van der Waals surface area contributed by atoms with Crippen LogP contribution in [0.3, 0.4) is 0 Å². The summed E-state index contributed by atoms with van der Waals surface area (Å²) in [7, 11) is 0. The standard InChI is InChI=1S/C14H20N2O2/c1-9(15-13-7-14(18)8-13)11-4-3-5-12(6-11)16-10(2)17/h3-6,9,13-15,18H,7-8H2,1-2H3,(H,16,17). The van der Waals surface area contributed by atoms with E-state index in [1.54, 1.807) is 0 Å². The molecule has 1 aromatic rings. The van der Waals surface area contributed by atoms with Crippen LogP contribution in [0.15, 0.2) is 24.3 Å². The van der Waals surface area contributed by atoms with Gasteiger partial charge in [0, 0.05) is 24.7 Å². The van der Waals surface area contributed by atoms with Gasteiger partial charge in [0.2, 0.25) is 5.91 Å². The predicted molar refractivity (Wildman–Crippen MR) is 71.3 cm³/mol. The van der Waals surface area contributed by atoms with E-state index in [9.17, 15) is 9.90 Å². The first-order valence-corrected chi connectivity index (χ1v) is 6.36. The van der Waals surface area contributed by atoms with Crippen LogP contribution in [0.2, 0.25) is 0 Å². The summed E-state index contributed by atoms with van der Waals surface area (Å²) in [6.07, 6.45) is 1.52. The van der Waals surface area contributed by atoms with Gasteiger partial charge in [-0.2, -0.15) is 0 Å². The largest absolute Gasteiger partial charge is 0.393 e. The summed E-state index contributed by atoms with van der Waals surface area (Å²) in [5, 5.41) is 15.5. The van der Waals surface area contributed by atoms with E-state index in [4.69, 9.17) is 0 Å². The highest BCUT2D eigenvalue weighted by Crippen LogP contribution is 2.24. The molecule has 1 fully saturated rings. The van der Waals surface area contributed by atoms with Crippen molar-refractivity contribution < 1.29 is 9.90 Å². The molecule has 1 saturated carbocycles. The van der Waals surface area contributed by atoms with E-state index in [1.807, 2.05) is 24.3 Å². The zero-order chi connectivity index (χ0) is 13.1. The minimum absolute atomic E-state index is 0.0603. The van der Waals surface area contributed by atoms with Gasteiger partial charge < -0.3 is 15.7 Å². The lowest BCUT2D eigenvalue weighted by Gasteiger charge is -2.34. The van der Waals surface area contributed by atoms with Gasteiger partial charge in [0.15, 0.2) is 0 Å². The Balaban J connectivity index is 1.96. The van der Waals surface area contributed by atoms with Crippen LogP contribution >= 0.6 is 0 Å². The summed E-state index contributed by atoms with van der Waals surface area (Å²) < 4.78 is 0. The minimum Gasteiger partial charge on any atom is -0.393 e. The number of anilines is 1. The summed E-state index contributed by atoms with van der Waals surface area (Å²) in [5.41, 5.74) is 1.96. The van der Waals surface area contributed by atoms with E-state index in [-0.39, 0.29) is 18.1 Å². The van der Waals surface area contributed by atoms with E-state index in [1.165, 1.54) is 6.92 Å². The molecule has 0 bridgehead atoms. The molecule has 2 rings (SSSR count). The summed E-state index contributed by atoms with van der Waals surface area (Å²) in [5.74, 6) is -0.0603. The number of carbonyl (C=O) groups excluding carboxylic acids is 1. The first-order valence-electron chi connectivity index (χ1n) is 6.36. The maximum absolute atomic E-state index is 11.0. The first-order chi connectivity index (χ1) is 8.54. The molecule has 1 aromatic carbocycles. The van der Waals surface area contributed by atoms with E-state index in [0.29, 0.717) is 6.04 Å². The molecule has 1 unspecified atom stereocenters. The molecule has 1 aliphatic carbocycles. The number of benzene rings is 1. The fourth-order valence-electron chi connectivity index (χ4n) is 2.26. The number of rotatable bonds is 4. The van der Waals surface area contributed by atoms with E-state index < -0.39 is 0 Å². The van der Waals surface area contributed by atoms with Gasteiger partial charge in [-0.05, 0) is 37.5 Å². The third-order valence-electron chi connectivity index (χ3n) is 3.31. The smallest absolute Gasteiger partial charge is 0.221 e. The van der Waals surface area contributed by atoms with E-state index >= 15 is 0 Å². The van der Waals surface area contributed by atoms with Crippen LogP contribution in [0.25, 0.3) is 0 Å². The fourth-order valence-corrected chi connectivity index (χ4v) is 2.26. The minimum atomic E-state index is -0.139. The van der Waals surface area contributed by atoms with Gasteiger partial charge in [-0.25, -0.2) is 0 Å². The molecule has 0 aliphatic heterocycles. The van der Waals surface area contributed by atoms with Crippen molar-refractivity contribution in [3.8, 4) is 0 Å². The second-order valence-corrected chi connectivity index (χ2v) is 5.02. The summed E-state index contributed by atoms with van der Waals surface area (Å²) >= 11 is 0. The maximum atomic E-state index is 11.0. The molecule has 3 N–H and O–H groups in total. The van der Waals surface area contributed by atoms with Crippen LogP contribution in [-0.4, -0.2) is 23.2 Å². The van der Waals surface area contributed by atoms with Crippen LogP contribution in [0.5, 0.6) is 0 Å². The van der Waals surface area contributed by atoms with Crippen LogP contribution in [0.1, 0.15) is 38.3 Å². The third kappa shape index (κ3) is 3.31. The second kappa shape index (κ2) is 5.50. The monoisotopic (exact) mass is 248 g/mol. The van der Waals surface area contributed by atoms with Crippen LogP contribution in [-0.2, 0) is 4.79 Å². The van der Waals surface area contributed by atoms with Gasteiger partial charge >= 0.3 is 0 Å². The van der Waals surface area contributed by atoms with Crippen molar-refractivity contribution in [2.24, 2.45) is 0 Å². The van der Waals surface area contributed by atoms with Crippen molar-refractivity contribution in [2.75, 3.05) is 5.32 Å². The molecule has 0 aromatic heterocycles. The summed E-state index contributed by atoms with van der Waals surface area (Å²) in [4.78, 5) is 11.0. The lowest BCUT2D eigenvalue weighted by atomic mass is 9.88. The molecular weight excluding hydrogens is 228 g/mol. The molecule has 1 amide bonds. The highest BCUT2D eigenvalue weighted by molar-refractivity contribution is 5.88. The number of amides is 1. The molecule has 4 heteroatoms. The Morgan fingerprint density at radius 2 is 2.17 bits per heavy atom. The normalized spacial score (nSPS) is 24.2. The number of hydrogen-bond donors (Lipinski definition) is 3. The molecule has 0 heterocycles. The number of carbonyl (C=O) groups is 1. The highest BCUT2D eigenvalue weighted by atomic mass is 16.3. The van der Waals surface area contributed by atoms with Gasteiger partial charge in [-0.3, -0.25) is 4.79 Å². The molecular formula is C14H20N2O2. The van der Waals surface area contributed by atoms with Crippen molar-refractivity contribution in [2.45, 2.75) is 44.9 Å². The Bertz CT molecular complexity index is 428. The van der Waals surface area contributed by atoms with Gasteiger partial charge in [-0.15, -0.1) is 0 Å². The van der Waals surface area contributed by atoms with Crippen molar-refractivity contribution in [3.63, 3.8) is 0 Å². The molecule has 1 atom stereocenters. The van der Waals surface area contributed by atoms with Gasteiger partial charge in [0.1, 0.15) is 0 Å². The Morgan fingerprint density at radius 3 is 2.78 bits per heavy atom. The highest BCUT2D eigenvalue weighted by Gasteiger charge is 2.28. The predicted octanol–water partition coefficient (Wildman–Crippen LogP) is 1.82. The molecule has 4 nitrogen and oxygen atoms in total. The van der Waals surface area contributed by atoms with Crippen LogP contribution in [0, 0.1) is 0 Å². The SMILES string of the molecule is CC(=O)Nc1cccc(C(C)NC2CC(O)C2)c1.